The van der Waals surface area contributed by atoms with Crippen LogP contribution in [0.4, 0.5) is 0 Å². The molecule has 1 aromatic heterocycles. The van der Waals surface area contributed by atoms with Crippen LogP contribution in [0.1, 0.15) is 21.6 Å². The van der Waals surface area contributed by atoms with Crippen LogP contribution in [0.5, 0.6) is 0 Å². The number of carbonyl (C=O) groups is 1. The number of nitrogens with one attached hydrogen (secondary N) is 1. The maximum absolute atomic E-state index is 12.4. The van der Waals surface area contributed by atoms with Crippen LogP contribution in [0.3, 0.4) is 0 Å². The molecule has 0 radical (unpaired) electrons. The molecule has 2 aromatic carbocycles. The maximum atomic E-state index is 12.4. The lowest BCUT2D eigenvalue weighted by Gasteiger charge is -2.07. The number of halogens is 2. The average molecular weight is 405 g/mol. The molecule has 0 fully saturated rings. The highest BCUT2D eigenvalue weighted by Gasteiger charge is 2.14. The largest absolute Gasteiger partial charge is 0.348 e. The number of hydrogen-bond donors (Lipinski definition) is 1. The molecule has 6 heteroatoms. The van der Waals surface area contributed by atoms with E-state index in [0.29, 0.717) is 17.1 Å². The van der Waals surface area contributed by atoms with Crippen molar-refractivity contribution in [3.8, 4) is 5.69 Å². The average Bonchev–Trinajstić information content (AvgIpc) is 2.96. The molecule has 3 aromatic rings. The molecule has 0 aliphatic rings. The van der Waals surface area contributed by atoms with Gasteiger partial charge in [-0.15, -0.1) is 0 Å². The van der Waals surface area contributed by atoms with E-state index in [1.54, 1.807) is 23.0 Å². The zero-order valence-corrected chi connectivity index (χ0v) is 15.3. The summed E-state index contributed by atoms with van der Waals surface area (Å²) in [5.74, 6) is -0.147. The topological polar surface area (TPSA) is 46.9 Å². The number of carbonyl (C=O) groups excluding carboxylic acids is 1. The molecule has 0 spiro atoms. The molecule has 24 heavy (non-hydrogen) atoms. The molecule has 0 atom stereocenters. The van der Waals surface area contributed by atoms with Gasteiger partial charge in [0.25, 0.3) is 5.91 Å². The summed E-state index contributed by atoms with van der Waals surface area (Å²) in [5.41, 5.74) is 3.26. The van der Waals surface area contributed by atoms with Gasteiger partial charge in [-0.25, -0.2) is 4.68 Å². The van der Waals surface area contributed by atoms with Gasteiger partial charge in [-0.1, -0.05) is 39.7 Å². The van der Waals surface area contributed by atoms with Crippen molar-refractivity contribution >= 4 is 33.4 Å². The summed E-state index contributed by atoms with van der Waals surface area (Å²) in [6.07, 6.45) is 1.59. The van der Waals surface area contributed by atoms with Gasteiger partial charge in [-0.2, -0.15) is 5.10 Å². The van der Waals surface area contributed by atoms with Crippen molar-refractivity contribution in [2.45, 2.75) is 13.5 Å². The lowest BCUT2D eigenvalue weighted by molar-refractivity contribution is 0.0950. The molecule has 4 nitrogen and oxygen atoms in total. The Kier molecular flexibility index (Phi) is 5.02. The molecule has 1 amide bonds. The minimum atomic E-state index is -0.147. The van der Waals surface area contributed by atoms with Crippen LogP contribution < -0.4 is 5.32 Å². The van der Waals surface area contributed by atoms with Crippen molar-refractivity contribution in [2.75, 3.05) is 0 Å². The molecule has 1 N–H and O–H groups in total. The SMILES string of the molecule is Cc1c(C(=O)NCc2ccc(Cl)cc2)cnn1-c1ccc(Br)cc1. The summed E-state index contributed by atoms with van der Waals surface area (Å²) in [6, 6.07) is 15.2. The molecular weight excluding hydrogens is 390 g/mol. The fourth-order valence-corrected chi connectivity index (χ4v) is 2.75. The first kappa shape index (κ1) is 16.7. The number of rotatable bonds is 4. The van der Waals surface area contributed by atoms with Gasteiger partial charge in [-0.05, 0) is 48.9 Å². The van der Waals surface area contributed by atoms with Crippen LogP contribution >= 0.6 is 27.5 Å². The highest BCUT2D eigenvalue weighted by atomic mass is 79.9. The van der Waals surface area contributed by atoms with E-state index in [4.69, 9.17) is 11.6 Å². The van der Waals surface area contributed by atoms with E-state index < -0.39 is 0 Å². The summed E-state index contributed by atoms with van der Waals surface area (Å²) in [6.45, 7) is 2.32. The summed E-state index contributed by atoms with van der Waals surface area (Å²) >= 11 is 9.27. The van der Waals surface area contributed by atoms with Gasteiger partial charge in [0, 0.05) is 16.0 Å². The number of hydrogen-bond acceptors (Lipinski definition) is 2. The van der Waals surface area contributed by atoms with Gasteiger partial charge in [0.15, 0.2) is 0 Å². The first-order valence-electron chi connectivity index (χ1n) is 7.38. The fraction of sp³-hybridized carbons (Fsp3) is 0.111. The van der Waals surface area contributed by atoms with E-state index in [-0.39, 0.29) is 5.91 Å². The highest BCUT2D eigenvalue weighted by molar-refractivity contribution is 9.10. The maximum Gasteiger partial charge on any atom is 0.255 e. The van der Waals surface area contributed by atoms with Crippen LogP contribution in [0.2, 0.25) is 5.02 Å². The molecule has 1 heterocycles. The zero-order valence-electron chi connectivity index (χ0n) is 13.0. The Morgan fingerprint density at radius 2 is 1.83 bits per heavy atom. The van der Waals surface area contributed by atoms with Crippen LogP contribution in [0.25, 0.3) is 5.69 Å². The number of aromatic nitrogens is 2. The van der Waals surface area contributed by atoms with Crippen molar-refractivity contribution < 1.29 is 4.79 Å². The van der Waals surface area contributed by atoms with E-state index in [0.717, 1.165) is 21.4 Å². The standard InChI is InChI=1S/C18H15BrClN3O/c1-12-17(11-22-23(12)16-8-4-14(19)5-9-16)18(24)21-10-13-2-6-15(20)7-3-13/h2-9,11H,10H2,1H3,(H,21,24). The van der Waals surface area contributed by atoms with E-state index in [1.807, 2.05) is 43.3 Å². The Balaban J connectivity index is 1.74. The zero-order chi connectivity index (χ0) is 17.1. The van der Waals surface area contributed by atoms with Gasteiger partial charge in [0.05, 0.1) is 23.1 Å². The highest BCUT2D eigenvalue weighted by Crippen LogP contribution is 2.17. The molecule has 0 aliphatic carbocycles. The lowest BCUT2D eigenvalue weighted by atomic mass is 10.2. The summed E-state index contributed by atoms with van der Waals surface area (Å²) in [5, 5.41) is 7.91. The number of nitrogens with zero attached hydrogens (tertiary/aromatic N) is 2. The second kappa shape index (κ2) is 7.20. The van der Waals surface area contributed by atoms with Gasteiger partial charge in [-0.3, -0.25) is 4.79 Å². The van der Waals surface area contributed by atoms with Crippen LogP contribution in [0.15, 0.2) is 59.2 Å². The normalized spacial score (nSPS) is 10.6. The molecule has 0 saturated carbocycles. The van der Waals surface area contributed by atoms with E-state index in [1.165, 1.54) is 0 Å². The van der Waals surface area contributed by atoms with Crippen LogP contribution in [-0.4, -0.2) is 15.7 Å². The Morgan fingerprint density at radius 3 is 2.50 bits per heavy atom. The Labute approximate surface area is 153 Å². The van der Waals surface area contributed by atoms with E-state index >= 15 is 0 Å². The number of amides is 1. The summed E-state index contributed by atoms with van der Waals surface area (Å²) in [4.78, 5) is 12.4. The van der Waals surface area contributed by atoms with E-state index in [2.05, 4.69) is 26.3 Å². The van der Waals surface area contributed by atoms with Crippen molar-refractivity contribution in [1.29, 1.82) is 0 Å². The third kappa shape index (κ3) is 3.68. The van der Waals surface area contributed by atoms with Gasteiger partial charge < -0.3 is 5.32 Å². The van der Waals surface area contributed by atoms with Gasteiger partial charge in [0.1, 0.15) is 0 Å². The summed E-state index contributed by atoms with van der Waals surface area (Å²) < 4.78 is 2.75. The molecule has 0 saturated heterocycles. The minimum Gasteiger partial charge on any atom is -0.348 e. The predicted octanol–water partition coefficient (Wildman–Crippen LogP) is 4.53. The van der Waals surface area contributed by atoms with Gasteiger partial charge >= 0.3 is 0 Å². The molecular formula is C18H15BrClN3O. The smallest absolute Gasteiger partial charge is 0.255 e. The first-order chi connectivity index (χ1) is 11.5. The minimum absolute atomic E-state index is 0.147. The second-order valence-corrected chi connectivity index (χ2v) is 6.69. The predicted molar refractivity (Wildman–Crippen MR) is 98.6 cm³/mol. The van der Waals surface area contributed by atoms with Crippen LogP contribution in [-0.2, 0) is 6.54 Å². The Morgan fingerprint density at radius 1 is 1.17 bits per heavy atom. The van der Waals surface area contributed by atoms with Crippen molar-refractivity contribution in [1.82, 2.24) is 15.1 Å². The third-order valence-corrected chi connectivity index (χ3v) is 4.47. The molecule has 3 rings (SSSR count). The third-order valence-electron chi connectivity index (χ3n) is 3.69. The lowest BCUT2D eigenvalue weighted by Crippen LogP contribution is -2.23. The van der Waals surface area contributed by atoms with Crippen molar-refractivity contribution in [3.63, 3.8) is 0 Å². The summed E-state index contributed by atoms with van der Waals surface area (Å²) in [7, 11) is 0. The van der Waals surface area contributed by atoms with Crippen LogP contribution in [0, 0.1) is 6.92 Å². The van der Waals surface area contributed by atoms with Gasteiger partial charge in [0.2, 0.25) is 0 Å². The Hall–Kier alpha value is -2.11. The van der Waals surface area contributed by atoms with Crippen molar-refractivity contribution in [2.24, 2.45) is 0 Å². The number of benzene rings is 2. The molecule has 122 valence electrons. The van der Waals surface area contributed by atoms with E-state index in [9.17, 15) is 4.79 Å². The van der Waals surface area contributed by atoms with Crippen molar-refractivity contribution in [3.05, 3.63) is 81.0 Å². The molecule has 0 unspecified atom stereocenters. The molecule has 0 aliphatic heterocycles. The fourth-order valence-electron chi connectivity index (χ4n) is 2.35. The molecule has 0 bridgehead atoms. The Bertz CT molecular complexity index is 857. The first-order valence-corrected chi connectivity index (χ1v) is 8.55. The second-order valence-electron chi connectivity index (χ2n) is 5.34. The monoisotopic (exact) mass is 403 g/mol. The quantitative estimate of drug-likeness (QED) is 0.694.